The molecule has 1 aliphatic carbocycles. The molecule has 208 valence electrons. The van der Waals surface area contributed by atoms with Gasteiger partial charge in [0, 0.05) is 84.5 Å². The molecule has 2 heterocycles. The highest BCUT2D eigenvalue weighted by Gasteiger charge is 2.37. The second kappa shape index (κ2) is 10.5. The van der Waals surface area contributed by atoms with E-state index in [9.17, 15) is 18.0 Å². The maximum Gasteiger partial charge on any atom is 0.416 e. The van der Waals surface area contributed by atoms with Crippen LogP contribution in [0, 0.1) is 12.8 Å². The van der Waals surface area contributed by atoms with E-state index < -0.39 is 11.7 Å². The van der Waals surface area contributed by atoms with Gasteiger partial charge >= 0.3 is 6.18 Å². The fraction of sp³-hybridized carbons (Fsp3) is 0.433. The van der Waals surface area contributed by atoms with Gasteiger partial charge in [-0.05, 0) is 68.1 Å². The molecule has 0 N–H and O–H groups in total. The topological polar surface area (TPSA) is 28.5 Å². The number of carbonyl (C=O) groups excluding carboxylic acids is 1. The van der Waals surface area contributed by atoms with Crippen LogP contribution in [-0.2, 0) is 24.4 Å². The molecule has 1 aromatic heterocycles. The van der Waals surface area contributed by atoms with Crippen molar-refractivity contribution in [1.29, 1.82) is 0 Å². The molecule has 0 unspecified atom stereocenters. The van der Waals surface area contributed by atoms with Crippen LogP contribution in [-0.4, -0.2) is 52.4 Å². The Morgan fingerprint density at radius 1 is 1.08 bits per heavy atom. The lowest BCUT2D eigenvalue weighted by Crippen LogP contribution is -2.54. The number of carbonyl (C=O) groups is 1. The number of halogens is 5. The fourth-order valence-electron chi connectivity index (χ4n) is 5.91. The quantitative estimate of drug-likeness (QED) is 0.306. The Bertz CT molecular complexity index is 1450. The first kappa shape index (κ1) is 28.1. The normalized spacial score (nSPS) is 20.4. The van der Waals surface area contributed by atoms with Crippen molar-refractivity contribution in [3.8, 4) is 0 Å². The third-order valence-corrected chi connectivity index (χ3v) is 9.34. The smallest absolute Gasteiger partial charge is 0.369 e. The first-order valence-electron chi connectivity index (χ1n) is 13.2. The first-order chi connectivity index (χ1) is 18.3. The lowest BCUT2D eigenvalue weighted by molar-refractivity contribution is -0.137. The van der Waals surface area contributed by atoms with Gasteiger partial charge in [0.2, 0.25) is 0 Å². The Labute approximate surface area is 237 Å². The van der Waals surface area contributed by atoms with E-state index in [2.05, 4.69) is 16.4 Å². The van der Waals surface area contributed by atoms with Crippen molar-refractivity contribution in [2.45, 2.75) is 45.3 Å². The molecule has 4 nitrogen and oxygen atoms in total. The summed E-state index contributed by atoms with van der Waals surface area (Å²) in [5.41, 5.74) is 3.60. The SMILES string of the molecule is C=C(c1ccc(Cl)c(Cc2cc3c(C)cc(C(F)(F)F)cc3n2C)c1Cl)N1CCN(C2CC(C(C)=O)C2)CC1. The number of hydrogen-bond acceptors (Lipinski definition) is 3. The summed E-state index contributed by atoms with van der Waals surface area (Å²) in [6.45, 7) is 11.2. The summed E-state index contributed by atoms with van der Waals surface area (Å²) in [6, 6.07) is 8.46. The minimum absolute atomic E-state index is 0.215. The summed E-state index contributed by atoms with van der Waals surface area (Å²) in [5.74, 6) is 0.503. The van der Waals surface area contributed by atoms with Gasteiger partial charge in [-0.1, -0.05) is 29.8 Å². The second-order valence-corrected chi connectivity index (χ2v) is 11.7. The Balaban J connectivity index is 1.34. The predicted molar refractivity (Wildman–Crippen MR) is 151 cm³/mol. The van der Waals surface area contributed by atoms with Crippen LogP contribution in [0.2, 0.25) is 10.0 Å². The zero-order valence-corrected chi connectivity index (χ0v) is 23.8. The predicted octanol–water partition coefficient (Wildman–Crippen LogP) is 7.36. The minimum atomic E-state index is -4.41. The van der Waals surface area contributed by atoms with E-state index >= 15 is 0 Å². The number of alkyl halides is 3. The van der Waals surface area contributed by atoms with Gasteiger partial charge in [0.1, 0.15) is 5.78 Å². The van der Waals surface area contributed by atoms with Crippen LogP contribution in [0.3, 0.4) is 0 Å². The Kier molecular flexibility index (Phi) is 7.55. The summed E-state index contributed by atoms with van der Waals surface area (Å²) in [4.78, 5) is 16.3. The summed E-state index contributed by atoms with van der Waals surface area (Å²) in [7, 11) is 1.77. The van der Waals surface area contributed by atoms with Crippen LogP contribution in [0.4, 0.5) is 13.2 Å². The molecule has 0 amide bonds. The molecular formula is C30H32Cl2F3N3O. The molecule has 9 heteroatoms. The van der Waals surface area contributed by atoms with E-state index in [4.69, 9.17) is 23.2 Å². The number of aromatic nitrogens is 1. The molecule has 2 aliphatic rings. The number of nitrogens with zero attached hydrogens (tertiary/aromatic N) is 3. The number of benzene rings is 2. The van der Waals surface area contributed by atoms with Crippen LogP contribution in [0.25, 0.3) is 16.6 Å². The van der Waals surface area contributed by atoms with Gasteiger partial charge in [-0.25, -0.2) is 0 Å². The van der Waals surface area contributed by atoms with Crippen LogP contribution < -0.4 is 0 Å². The van der Waals surface area contributed by atoms with E-state index in [1.54, 1.807) is 25.5 Å². The Morgan fingerprint density at radius 2 is 1.74 bits per heavy atom. The third-order valence-electron chi connectivity index (χ3n) is 8.55. The fourth-order valence-corrected chi connectivity index (χ4v) is 6.52. The van der Waals surface area contributed by atoms with Crippen LogP contribution in [0.5, 0.6) is 0 Å². The number of Topliss-reactive ketones (excluding diaryl/α,β-unsaturated/α-hetero) is 1. The van der Waals surface area contributed by atoms with E-state index in [0.717, 1.165) is 66.9 Å². The summed E-state index contributed by atoms with van der Waals surface area (Å²) in [5, 5.41) is 1.78. The van der Waals surface area contributed by atoms with E-state index in [1.165, 1.54) is 12.1 Å². The van der Waals surface area contributed by atoms with E-state index in [0.29, 0.717) is 33.6 Å². The van der Waals surface area contributed by atoms with Crippen LogP contribution >= 0.6 is 23.2 Å². The van der Waals surface area contributed by atoms with Gasteiger partial charge in [-0.3, -0.25) is 9.69 Å². The van der Waals surface area contributed by atoms with Crippen molar-refractivity contribution in [3.05, 3.63) is 74.9 Å². The highest BCUT2D eigenvalue weighted by molar-refractivity contribution is 6.37. The zero-order valence-electron chi connectivity index (χ0n) is 22.3. The third kappa shape index (κ3) is 5.33. The van der Waals surface area contributed by atoms with Crippen molar-refractivity contribution in [2.24, 2.45) is 13.0 Å². The van der Waals surface area contributed by atoms with Gasteiger partial charge in [-0.15, -0.1) is 0 Å². The highest BCUT2D eigenvalue weighted by Crippen LogP contribution is 2.38. The minimum Gasteiger partial charge on any atom is -0.369 e. The van der Waals surface area contributed by atoms with Gasteiger partial charge in [0.25, 0.3) is 0 Å². The highest BCUT2D eigenvalue weighted by atomic mass is 35.5. The molecule has 1 aliphatic heterocycles. The van der Waals surface area contributed by atoms with Gasteiger partial charge < -0.3 is 9.47 Å². The molecule has 2 aromatic carbocycles. The van der Waals surface area contributed by atoms with Gasteiger partial charge in [0.05, 0.1) is 10.6 Å². The number of ketones is 1. The lowest BCUT2D eigenvalue weighted by atomic mass is 9.77. The van der Waals surface area contributed by atoms with Crippen molar-refractivity contribution in [3.63, 3.8) is 0 Å². The molecule has 3 aromatic rings. The van der Waals surface area contributed by atoms with Crippen molar-refractivity contribution in [1.82, 2.24) is 14.4 Å². The van der Waals surface area contributed by atoms with Crippen molar-refractivity contribution < 1.29 is 18.0 Å². The lowest BCUT2D eigenvalue weighted by Gasteiger charge is -2.46. The first-order valence-corrected chi connectivity index (χ1v) is 13.9. The average molecular weight is 579 g/mol. The van der Waals surface area contributed by atoms with Crippen molar-refractivity contribution >= 4 is 45.6 Å². The standard InChI is InChI=1S/C30H32Cl2F3N3O/c1-17-11-21(30(33,34)35)14-28-25(17)15-22(36(28)4)16-26-27(31)6-5-24(29(26)32)18(2)37-7-9-38(10-8-37)23-12-20(13-23)19(3)39/h5-6,11,14-15,20,23H,2,7-10,12-13,16H2,1,3-4H3. The molecule has 39 heavy (non-hydrogen) atoms. The average Bonchev–Trinajstić information content (AvgIpc) is 3.16. The molecule has 2 fully saturated rings. The molecule has 1 saturated carbocycles. The van der Waals surface area contributed by atoms with Crippen LogP contribution in [0.1, 0.15) is 47.7 Å². The molecule has 5 rings (SSSR count). The molecule has 1 saturated heterocycles. The monoisotopic (exact) mass is 577 g/mol. The molecule has 0 spiro atoms. The van der Waals surface area contributed by atoms with Gasteiger partial charge in [-0.2, -0.15) is 13.2 Å². The summed E-state index contributed by atoms with van der Waals surface area (Å²) in [6.07, 6.45) is -2.13. The maximum absolute atomic E-state index is 13.4. The molecular weight excluding hydrogens is 546 g/mol. The van der Waals surface area contributed by atoms with E-state index in [1.807, 2.05) is 18.2 Å². The second-order valence-electron chi connectivity index (χ2n) is 10.9. The van der Waals surface area contributed by atoms with E-state index in [-0.39, 0.29) is 11.7 Å². The number of hydrogen-bond donors (Lipinski definition) is 0. The maximum atomic E-state index is 13.4. The molecule has 0 atom stereocenters. The Hall–Kier alpha value is -2.48. The molecule has 0 radical (unpaired) electrons. The number of fused-ring (bicyclic) bond motifs is 1. The number of rotatable bonds is 6. The zero-order chi connectivity index (χ0) is 28.2. The summed E-state index contributed by atoms with van der Waals surface area (Å²) < 4.78 is 42.0. The largest absolute Gasteiger partial charge is 0.416 e. The molecule has 0 bridgehead atoms. The van der Waals surface area contributed by atoms with Crippen LogP contribution in [0.15, 0.2) is 36.9 Å². The van der Waals surface area contributed by atoms with Gasteiger partial charge in [0.15, 0.2) is 0 Å². The number of piperazine rings is 1. The Morgan fingerprint density at radius 3 is 2.36 bits per heavy atom. The van der Waals surface area contributed by atoms with Crippen molar-refractivity contribution in [2.75, 3.05) is 26.2 Å². The number of aryl methyl sites for hydroxylation is 2. The summed E-state index contributed by atoms with van der Waals surface area (Å²) >= 11 is 13.5.